The summed E-state index contributed by atoms with van der Waals surface area (Å²) < 4.78 is 6.64. The lowest BCUT2D eigenvalue weighted by Crippen LogP contribution is -2.31. The Morgan fingerprint density at radius 3 is 2.44 bits per heavy atom. The fraction of sp³-hybridized carbons (Fsp3) is 0.259. The van der Waals surface area contributed by atoms with Crippen LogP contribution in [-0.2, 0) is 17.8 Å². The molecule has 1 aromatic heterocycles. The molecule has 4 nitrogen and oxygen atoms in total. The van der Waals surface area contributed by atoms with Gasteiger partial charge in [0.05, 0.1) is 29.8 Å². The van der Waals surface area contributed by atoms with Crippen molar-refractivity contribution in [3.8, 4) is 5.75 Å². The van der Waals surface area contributed by atoms with Gasteiger partial charge in [-0.05, 0) is 47.7 Å². The van der Waals surface area contributed by atoms with Crippen LogP contribution in [0.25, 0.3) is 10.2 Å². The molecule has 0 unspecified atom stereocenters. The van der Waals surface area contributed by atoms with Crippen molar-refractivity contribution in [3.05, 3.63) is 89.5 Å². The average molecular weight is 445 g/mol. The molecule has 0 aliphatic carbocycles. The zero-order valence-electron chi connectivity index (χ0n) is 18.7. The van der Waals surface area contributed by atoms with E-state index in [1.165, 1.54) is 16.9 Å². The number of anilines is 1. The van der Waals surface area contributed by atoms with Gasteiger partial charge in [0.25, 0.3) is 0 Å². The summed E-state index contributed by atoms with van der Waals surface area (Å²) in [5.41, 5.74) is 4.24. The normalized spacial score (nSPS) is 11.1. The Morgan fingerprint density at radius 1 is 1.00 bits per heavy atom. The third kappa shape index (κ3) is 5.17. The molecule has 0 bridgehead atoms. The van der Waals surface area contributed by atoms with Crippen LogP contribution in [0.1, 0.15) is 43.4 Å². The molecule has 1 amide bonds. The van der Waals surface area contributed by atoms with Crippen molar-refractivity contribution >= 4 is 32.6 Å². The quantitative estimate of drug-likeness (QED) is 0.308. The van der Waals surface area contributed by atoms with E-state index < -0.39 is 0 Å². The number of aromatic nitrogens is 1. The van der Waals surface area contributed by atoms with Gasteiger partial charge in [-0.2, -0.15) is 0 Å². The maximum absolute atomic E-state index is 13.5. The number of carbonyl (C=O) groups excluding carboxylic acids is 1. The molecule has 0 radical (unpaired) electrons. The minimum absolute atomic E-state index is 0.0373. The van der Waals surface area contributed by atoms with Crippen LogP contribution in [0.15, 0.2) is 72.8 Å². The molecule has 1 heterocycles. The minimum atomic E-state index is 0.0373. The first-order valence-electron chi connectivity index (χ1n) is 11.0. The topological polar surface area (TPSA) is 42.4 Å². The van der Waals surface area contributed by atoms with Crippen LogP contribution in [-0.4, -0.2) is 17.5 Å². The molecule has 0 saturated carbocycles. The molecular weight excluding hydrogens is 416 g/mol. The average Bonchev–Trinajstić information content (AvgIpc) is 3.21. The predicted octanol–water partition coefficient (Wildman–Crippen LogP) is 6.59. The van der Waals surface area contributed by atoms with Crippen LogP contribution in [0.5, 0.6) is 5.75 Å². The van der Waals surface area contributed by atoms with Crippen molar-refractivity contribution in [2.75, 3.05) is 11.5 Å². The van der Waals surface area contributed by atoms with Gasteiger partial charge in [-0.15, -0.1) is 0 Å². The molecule has 0 saturated heterocycles. The van der Waals surface area contributed by atoms with Gasteiger partial charge in [-0.3, -0.25) is 9.69 Å². The predicted molar refractivity (Wildman–Crippen MR) is 133 cm³/mol. The number of fused-ring (bicyclic) bond motifs is 1. The van der Waals surface area contributed by atoms with Crippen LogP contribution < -0.4 is 9.64 Å². The van der Waals surface area contributed by atoms with Crippen molar-refractivity contribution < 1.29 is 9.53 Å². The Balaban J connectivity index is 1.63. The van der Waals surface area contributed by atoms with Gasteiger partial charge in [0.15, 0.2) is 5.13 Å². The van der Waals surface area contributed by atoms with Gasteiger partial charge < -0.3 is 4.74 Å². The number of rotatable bonds is 8. The van der Waals surface area contributed by atoms with Gasteiger partial charge in [0.1, 0.15) is 5.75 Å². The summed E-state index contributed by atoms with van der Waals surface area (Å²) in [5.74, 6) is 1.33. The Morgan fingerprint density at radius 2 is 1.75 bits per heavy atom. The standard InChI is InChI=1S/C27H28N2O2S/c1-4-31-23-14-15-24-25(17-23)32-27(28-24)29(18-21-8-6-5-7-9-21)26(30)16-20-10-12-22(13-11-20)19(2)3/h5-15,17,19H,4,16,18H2,1-3H3. The first-order chi connectivity index (χ1) is 15.5. The number of thiazole rings is 1. The number of nitrogens with zero attached hydrogens (tertiary/aromatic N) is 2. The largest absolute Gasteiger partial charge is 0.494 e. The first kappa shape index (κ1) is 22.0. The summed E-state index contributed by atoms with van der Waals surface area (Å²) in [6.07, 6.45) is 0.339. The summed E-state index contributed by atoms with van der Waals surface area (Å²) in [5, 5.41) is 0.710. The van der Waals surface area contributed by atoms with Gasteiger partial charge >= 0.3 is 0 Å². The maximum atomic E-state index is 13.5. The Labute approximate surface area is 193 Å². The fourth-order valence-electron chi connectivity index (χ4n) is 3.58. The van der Waals surface area contributed by atoms with Crippen molar-refractivity contribution in [1.82, 2.24) is 4.98 Å². The molecule has 0 N–H and O–H groups in total. The third-order valence-corrected chi connectivity index (χ3v) is 6.42. The van der Waals surface area contributed by atoms with Crippen molar-refractivity contribution in [3.63, 3.8) is 0 Å². The van der Waals surface area contributed by atoms with Crippen LogP contribution in [0.4, 0.5) is 5.13 Å². The summed E-state index contributed by atoms with van der Waals surface area (Å²) in [6.45, 7) is 7.42. The Hall–Kier alpha value is -3.18. The summed E-state index contributed by atoms with van der Waals surface area (Å²) in [7, 11) is 0. The van der Waals surface area contributed by atoms with E-state index in [9.17, 15) is 4.79 Å². The van der Waals surface area contributed by atoms with E-state index >= 15 is 0 Å². The highest BCUT2D eigenvalue weighted by atomic mass is 32.1. The number of ether oxygens (including phenoxy) is 1. The number of carbonyl (C=O) groups is 1. The van der Waals surface area contributed by atoms with Gasteiger partial charge in [0, 0.05) is 0 Å². The van der Waals surface area contributed by atoms with E-state index in [1.807, 2.05) is 55.5 Å². The molecule has 5 heteroatoms. The highest BCUT2D eigenvalue weighted by Gasteiger charge is 2.21. The summed E-state index contributed by atoms with van der Waals surface area (Å²) in [6, 6.07) is 24.3. The molecule has 0 atom stereocenters. The van der Waals surface area contributed by atoms with Crippen LogP contribution in [0, 0.1) is 0 Å². The molecule has 0 aliphatic rings. The zero-order chi connectivity index (χ0) is 22.5. The summed E-state index contributed by atoms with van der Waals surface area (Å²) >= 11 is 1.52. The van der Waals surface area contributed by atoms with E-state index in [2.05, 4.69) is 38.1 Å². The molecule has 0 aliphatic heterocycles. The van der Waals surface area contributed by atoms with Crippen LogP contribution in [0.3, 0.4) is 0 Å². The Kier molecular flexibility index (Phi) is 6.86. The number of hydrogen-bond donors (Lipinski definition) is 0. The van der Waals surface area contributed by atoms with Gasteiger partial charge in [0.2, 0.25) is 5.91 Å². The monoisotopic (exact) mass is 444 g/mol. The molecule has 0 fully saturated rings. The Bertz CT molecular complexity index is 1180. The highest BCUT2D eigenvalue weighted by molar-refractivity contribution is 7.22. The number of hydrogen-bond acceptors (Lipinski definition) is 4. The fourth-order valence-corrected chi connectivity index (χ4v) is 4.59. The molecular formula is C27H28N2O2S. The maximum Gasteiger partial charge on any atom is 0.233 e. The third-order valence-electron chi connectivity index (χ3n) is 5.38. The van der Waals surface area contributed by atoms with Crippen LogP contribution >= 0.6 is 11.3 Å². The van der Waals surface area contributed by atoms with Crippen LogP contribution in [0.2, 0.25) is 0 Å². The number of amides is 1. The minimum Gasteiger partial charge on any atom is -0.494 e. The zero-order valence-corrected chi connectivity index (χ0v) is 19.6. The van der Waals surface area contributed by atoms with Gasteiger partial charge in [-0.25, -0.2) is 4.98 Å². The lowest BCUT2D eigenvalue weighted by molar-refractivity contribution is -0.118. The SMILES string of the molecule is CCOc1ccc2nc(N(Cc3ccccc3)C(=O)Cc3ccc(C(C)C)cc3)sc2c1. The van der Waals surface area contributed by atoms with E-state index in [0.717, 1.165) is 27.1 Å². The molecule has 32 heavy (non-hydrogen) atoms. The first-order valence-corrected chi connectivity index (χ1v) is 11.8. The summed E-state index contributed by atoms with van der Waals surface area (Å²) in [4.78, 5) is 20.0. The van der Waals surface area contributed by atoms with Crippen molar-refractivity contribution in [1.29, 1.82) is 0 Å². The van der Waals surface area contributed by atoms with E-state index in [-0.39, 0.29) is 5.91 Å². The van der Waals surface area contributed by atoms with E-state index in [1.54, 1.807) is 4.90 Å². The highest BCUT2D eigenvalue weighted by Crippen LogP contribution is 2.32. The van der Waals surface area contributed by atoms with Crippen molar-refractivity contribution in [2.45, 2.75) is 39.7 Å². The molecule has 0 spiro atoms. The lowest BCUT2D eigenvalue weighted by atomic mass is 10.0. The van der Waals surface area contributed by atoms with E-state index in [0.29, 0.717) is 30.6 Å². The second-order valence-corrected chi connectivity index (χ2v) is 9.11. The second kappa shape index (κ2) is 9.96. The number of benzene rings is 3. The lowest BCUT2D eigenvalue weighted by Gasteiger charge is -2.20. The molecule has 164 valence electrons. The smallest absolute Gasteiger partial charge is 0.233 e. The van der Waals surface area contributed by atoms with E-state index in [4.69, 9.17) is 9.72 Å². The van der Waals surface area contributed by atoms with Gasteiger partial charge in [-0.1, -0.05) is 79.8 Å². The second-order valence-electron chi connectivity index (χ2n) is 8.10. The van der Waals surface area contributed by atoms with Crippen molar-refractivity contribution in [2.24, 2.45) is 0 Å². The molecule has 3 aromatic carbocycles. The molecule has 4 rings (SSSR count). The molecule has 4 aromatic rings.